The van der Waals surface area contributed by atoms with Crippen LogP contribution in [0.5, 0.6) is 11.5 Å². The van der Waals surface area contributed by atoms with E-state index in [0.29, 0.717) is 27.9 Å². The lowest BCUT2D eigenvalue weighted by molar-refractivity contribution is -0.122. The average Bonchev–Trinajstić information content (AvgIpc) is 2.60. The molecule has 3 rings (SSSR count). The van der Waals surface area contributed by atoms with Crippen LogP contribution < -0.4 is 19.1 Å². The van der Waals surface area contributed by atoms with Gasteiger partial charge in [0.05, 0.1) is 31.3 Å². The van der Waals surface area contributed by atoms with Gasteiger partial charge in [0, 0.05) is 5.02 Å². The molecular formula is C18H19ClN2O5S. The zero-order chi connectivity index (χ0) is 19.8. The number of nitrogens with one attached hydrogen (secondary N) is 1. The maximum absolute atomic E-state index is 12.7. The Balaban J connectivity index is 1.91. The highest BCUT2D eigenvalue weighted by Gasteiger charge is 2.35. The van der Waals surface area contributed by atoms with Crippen molar-refractivity contribution in [1.29, 1.82) is 0 Å². The van der Waals surface area contributed by atoms with E-state index in [1.54, 1.807) is 36.4 Å². The molecular weight excluding hydrogens is 392 g/mol. The summed E-state index contributed by atoms with van der Waals surface area (Å²) in [6, 6.07) is 9.97. The molecule has 0 fully saturated rings. The van der Waals surface area contributed by atoms with Crippen molar-refractivity contribution in [3.63, 3.8) is 0 Å². The first-order valence-electron chi connectivity index (χ1n) is 8.08. The summed E-state index contributed by atoms with van der Waals surface area (Å²) >= 11 is 5.98. The number of sulfonamides is 1. The van der Waals surface area contributed by atoms with Crippen LogP contribution in [0.2, 0.25) is 5.02 Å². The topological polar surface area (TPSA) is 84.9 Å². The molecule has 1 N–H and O–H groups in total. The van der Waals surface area contributed by atoms with Crippen molar-refractivity contribution in [1.82, 2.24) is 0 Å². The molecule has 7 nitrogen and oxygen atoms in total. The number of halogens is 1. The summed E-state index contributed by atoms with van der Waals surface area (Å²) in [6.07, 6.45) is 0.0676. The van der Waals surface area contributed by atoms with E-state index in [1.165, 1.54) is 11.4 Å². The van der Waals surface area contributed by atoms with Crippen molar-refractivity contribution in [2.75, 3.05) is 29.5 Å². The van der Waals surface area contributed by atoms with Crippen molar-refractivity contribution in [2.24, 2.45) is 0 Å². The SMILES string of the molecule is COc1ccc(Cl)cc1NC(=O)C1CN(S(C)(=O)=O)c2cc(C)ccc2O1. The van der Waals surface area contributed by atoms with Crippen molar-refractivity contribution in [3.8, 4) is 11.5 Å². The third-order valence-corrected chi connectivity index (χ3v) is 5.48. The van der Waals surface area contributed by atoms with Crippen LogP contribution in [0.3, 0.4) is 0 Å². The van der Waals surface area contributed by atoms with Gasteiger partial charge in [-0.25, -0.2) is 8.42 Å². The van der Waals surface area contributed by atoms with E-state index in [9.17, 15) is 13.2 Å². The lowest BCUT2D eigenvalue weighted by Gasteiger charge is -2.34. The first-order chi connectivity index (χ1) is 12.7. The Morgan fingerprint density at radius 3 is 2.70 bits per heavy atom. The van der Waals surface area contributed by atoms with Gasteiger partial charge in [-0.1, -0.05) is 17.7 Å². The molecule has 1 aliphatic heterocycles. The van der Waals surface area contributed by atoms with Gasteiger partial charge < -0.3 is 14.8 Å². The minimum absolute atomic E-state index is 0.135. The Kier molecular flexibility index (Phi) is 5.21. The fourth-order valence-electron chi connectivity index (χ4n) is 2.80. The molecule has 2 aromatic carbocycles. The monoisotopic (exact) mass is 410 g/mol. The number of rotatable bonds is 4. The van der Waals surface area contributed by atoms with Crippen molar-refractivity contribution in [2.45, 2.75) is 13.0 Å². The zero-order valence-electron chi connectivity index (χ0n) is 15.0. The summed E-state index contributed by atoms with van der Waals surface area (Å²) < 4.78 is 36.6. The van der Waals surface area contributed by atoms with Gasteiger partial charge in [0.15, 0.2) is 6.10 Å². The highest BCUT2D eigenvalue weighted by atomic mass is 35.5. The summed E-state index contributed by atoms with van der Waals surface area (Å²) in [5.74, 6) is 0.255. The maximum Gasteiger partial charge on any atom is 0.267 e. The number of carbonyl (C=O) groups excluding carboxylic acids is 1. The van der Waals surface area contributed by atoms with E-state index in [-0.39, 0.29) is 6.54 Å². The highest BCUT2D eigenvalue weighted by Crippen LogP contribution is 2.36. The number of methoxy groups -OCH3 is 1. The van der Waals surface area contributed by atoms with Crippen LogP contribution in [0.15, 0.2) is 36.4 Å². The Labute approximate surface area is 162 Å². The molecule has 1 aliphatic rings. The number of fused-ring (bicyclic) bond motifs is 1. The molecule has 1 heterocycles. The van der Waals surface area contributed by atoms with Gasteiger partial charge in [0.2, 0.25) is 10.0 Å². The molecule has 0 aromatic heterocycles. The molecule has 0 bridgehead atoms. The van der Waals surface area contributed by atoms with Gasteiger partial charge in [-0.05, 0) is 42.8 Å². The van der Waals surface area contributed by atoms with E-state index in [4.69, 9.17) is 21.1 Å². The third-order valence-electron chi connectivity index (χ3n) is 4.10. The molecule has 1 unspecified atom stereocenters. The minimum atomic E-state index is -3.59. The quantitative estimate of drug-likeness (QED) is 0.837. The zero-order valence-corrected chi connectivity index (χ0v) is 16.6. The maximum atomic E-state index is 12.7. The molecule has 0 saturated heterocycles. The number of ether oxygens (including phenoxy) is 2. The van der Waals surface area contributed by atoms with Crippen LogP contribution in [0.4, 0.5) is 11.4 Å². The minimum Gasteiger partial charge on any atom is -0.495 e. The number of nitrogens with zero attached hydrogens (tertiary/aromatic N) is 1. The number of hydrogen-bond donors (Lipinski definition) is 1. The van der Waals surface area contributed by atoms with Crippen LogP contribution in [-0.4, -0.2) is 40.3 Å². The summed E-state index contributed by atoms with van der Waals surface area (Å²) in [4.78, 5) is 12.7. The lowest BCUT2D eigenvalue weighted by atomic mass is 10.1. The van der Waals surface area contributed by atoms with Crippen LogP contribution in [0.1, 0.15) is 5.56 Å². The Hall–Kier alpha value is -2.45. The standard InChI is InChI=1S/C18H19ClN2O5S/c1-11-4-6-16-14(8-11)21(27(3,23)24)10-17(26-16)18(22)20-13-9-12(19)5-7-15(13)25-2/h4-9,17H,10H2,1-3H3,(H,20,22). The normalized spacial score (nSPS) is 16.3. The van der Waals surface area contributed by atoms with Gasteiger partial charge in [-0.15, -0.1) is 0 Å². The van der Waals surface area contributed by atoms with Crippen molar-refractivity contribution >= 4 is 38.9 Å². The molecule has 2 aromatic rings. The van der Waals surface area contributed by atoms with E-state index in [1.807, 2.05) is 6.92 Å². The predicted octanol–water partition coefficient (Wildman–Crippen LogP) is 2.82. The molecule has 0 spiro atoms. The van der Waals surface area contributed by atoms with Gasteiger partial charge in [0.25, 0.3) is 5.91 Å². The largest absolute Gasteiger partial charge is 0.495 e. The molecule has 144 valence electrons. The first-order valence-corrected chi connectivity index (χ1v) is 10.3. The second kappa shape index (κ2) is 7.28. The molecule has 9 heteroatoms. The highest BCUT2D eigenvalue weighted by molar-refractivity contribution is 7.92. The van der Waals surface area contributed by atoms with E-state index >= 15 is 0 Å². The van der Waals surface area contributed by atoms with Crippen LogP contribution >= 0.6 is 11.6 Å². The van der Waals surface area contributed by atoms with E-state index < -0.39 is 22.0 Å². The van der Waals surface area contributed by atoms with Crippen LogP contribution in [0, 0.1) is 6.92 Å². The summed E-state index contributed by atoms with van der Waals surface area (Å²) in [5, 5.41) is 3.12. The fourth-order valence-corrected chi connectivity index (χ4v) is 3.88. The number of anilines is 2. The van der Waals surface area contributed by atoms with E-state index in [0.717, 1.165) is 11.8 Å². The van der Waals surface area contributed by atoms with Crippen molar-refractivity contribution in [3.05, 3.63) is 47.0 Å². The average molecular weight is 411 g/mol. The first kappa shape index (κ1) is 19.3. The summed E-state index contributed by atoms with van der Waals surface area (Å²) in [6.45, 7) is 1.72. The number of benzene rings is 2. The third kappa shape index (κ3) is 4.12. The van der Waals surface area contributed by atoms with Crippen molar-refractivity contribution < 1.29 is 22.7 Å². The summed E-state index contributed by atoms with van der Waals surface area (Å²) in [7, 11) is -2.12. The Bertz CT molecular complexity index is 993. The Morgan fingerprint density at radius 1 is 1.30 bits per heavy atom. The number of aryl methyl sites for hydroxylation is 1. The predicted molar refractivity (Wildman–Crippen MR) is 104 cm³/mol. The second-order valence-electron chi connectivity index (χ2n) is 6.21. The molecule has 0 saturated carbocycles. The van der Waals surface area contributed by atoms with Crippen LogP contribution in [-0.2, 0) is 14.8 Å². The fraction of sp³-hybridized carbons (Fsp3) is 0.278. The summed E-state index contributed by atoms with van der Waals surface area (Å²) in [5.41, 5.74) is 1.68. The molecule has 0 aliphatic carbocycles. The number of amides is 1. The van der Waals surface area contributed by atoms with Gasteiger partial charge >= 0.3 is 0 Å². The number of carbonyl (C=O) groups is 1. The Morgan fingerprint density at radius 2 is 2.04 bits per heavy atom. The lowest BCUT2D eigenvalue weighted by Crippen LogP contribution is -2.48. The molecule has 27 heavy (non-hydrogen) atoms. The molecule has 1 atom stereocenters. The number of hydrogen-bond acceptors (Lipinski definition) is 5. The van der Waals surface area contributed by atoms with E-state index in [2.05, 4.69) is 5.32 Å². The van der Waals surface area contributed by atoms with Crippen LogP contribution in [0.25, 0.3) is 0 Å². The second-order valence-corrected chi connectivity index (χ2v) is 8.55. The van der Waals surface area contributed by atoms with Gasteiger partial charge in [-0.3, -0.25) is 9.10 Å². The molecule has 1 amide bonds. The smallest absolute Gasteiger partial charge is 0.267 e. The van der Waals surface area contributed by atoms with Gasteiger partial charge in [-0.2, -0.15) is 0 Å². The van der Waals surface area contributed by atoms with Gasteiger partial charge in [0.1, 0.15) is 11.5 Å². The molecule has 0 radical (unpaired) electrons.